The van der Waals surface area contributed by atoms with Crippen LogP contribution in [0.3, 0.4) is 0 Å². The topological polar surface area (TPSA) is 47.8 Å². The number of methoxy groups -OCH3 is 1. The summed E-state index contributed by atoms with van der Waals surface area (Å²) in [7, 11) is 1.38. The monoisotopic (exact) mass is 327 g/mol. The van der Waals surface area contributed by atoms with Crippen molar-refractivity contribution in [3.63, 3.8) is 0 Å². The molecule has 5 aromatic rings. The number of pyridine rings is 1. The van der Waals surface area contributed by atoms with Gasteiger partial charge in [-0.05, 0) is 35.2 Å². The van der Waals surface area contributed by atoms with Crippen molar-refractivity contribution in [1.82, 2.24) is 4.40 Å². The molecule has 3 heterocycles. The maximum absolute atomic E-state index is 12.7. The Morgan fingerprint density at radius 3 is 2.48 bits per heavy atom. The Morgan fingerprint density at radius 2 is 1.72 bits per heavy atom. The van der Waals surface area contributed by atoms with E-state index in [1.54, 1.807) is 6.07 Å². The van der Waals surface area contributed by atoms with Crippen LogP contribution in [0.1, 0.15) is 10.4 Å². The third kappa shape index (κ3) is 1.71. The van der Waals surface area contributed by atoms with Crippen LogP contribution in [0.15, 0.2) is 65.5 Å². The molecule has 4 nitrogen and oxygen atoms in total. The minimum absolute atomic E-state index is 0.0119. The van der Waals surface area contributed by atoms with Crippen molar-refractivity contribution in [3.05, 3.63) is 76.5 Å². The molecule has 0 atom stereocenters. The highest BCUT2D eigenvalue weighted by molar-refractivity contribution is 6.16. The van der Waals surface area contributed by atoms with Gasteiger partial charge < -0.3 is 9.14 Å². The maximum atomic E-state index is 12.7. The van der Waals surface area contributed by atoms with E-state index in [2.05, 4.69) is 0 Å². The van der Waals surface area contributed by atoms with Gasteiger partial charge in [-0.3, -0.25) is 4.79 Å². The molecular formula is C21H13NO3. The van der Waals surface area contributed by atoms with Crippen molar-refractivity contribution < 1.29 is 9.53 Å². The van der Waals surface area contributed by atoms with E-state index in [1.807, 2.05) is 59.0 Å². The van der Waals surface area contributed by atoms with Gasteiger partial charge in [-0.2, -0.15) is 0 Å². The first-order chi connectivity index (χ1) is 12.2. The van der Waals surface area contributed by atoms with Crippen LogP contribution in [-0.4, -0.2) is 17.5 Å². The molecule has 2 aromatic carbocycles. The lowest BCUT2D eigenvalue weighted by atomic mass is 10.0. The van der Waals surface area contributed by atoms with Gasteiger partial charge in [0.1, 0.15) is 0 Å². The quantitative estimate of drug-likeness (QED) is 0.462. The van der Waals surface area contributed by atoms with Gasteiger partial charge in [-0.25, -0.2) is 4.79 Å². The predicted molar refractivity (Wildman–Crippen MR) is 97.8 cm³/mol. The largest absolute Gasteiger partial charge is 0.465 e. The lowest BCUT2D eigenvalue weighted by molar-refractivity contribution is 0.0603. The summed E-state index contributed by atoms with van der Waals surface area (Å²) in [6, 6.07) is 18.9. The number of carbonyl (C=O) groups is 1. The van der Waals surface area contributed by atoms with Crippen molar-refractivity contribution >= 4 is 33.3 Å². The first kappa shape index (κ1) is 14.0. The summed E-state index contributed by atoms with van der Waals surface area (Å²) in [5, 5.41) is 1.67. The van der Waals surface area contributed by atoms with Gasteiger partial charge in [0.05, 0.1) is 34.6 Å². The van der Waals surface area contributed by atoms with E-state index >= 15 is 0 Å². The van der Waals surface area contributed by atoms with E-state index in [0.29, 0.717) is 10.9 Å². The zero-order valence-corrected chi connectivity index (χ0v) is 13.4. The molecule has 0 amide bonds. The van der Waals surface area contributed by atoms with E-state index < -0.39 is 0 Å². The lowest BCUT2D eigenvalue weighted by Crippen LogP contribution is -2.02. The van der Waals surface area contributed by atoms with Crippen molar-refractivity contribution in [2.24, 2.45) is 0 Å². The first-order valence-electron chi connectivity index (χ1n) is 8.00. The van der Waals surface area contributed by atoms with E-state index in [1.165, 1.54) is 7.11 Å². The Kier molecular flexibility index (Phi) is 2.69. The van der Waals surface area contributed by atoms with Crippen LogP contribution >= 0.6 is 0 Å². The highest BCUT2D eigenvalue weighted by Crippen LogP contribution is 2.39. The fraction of sp³-hybridized carbons (Fsp3) is 0.0476. The Morgan fingerprint density at radius 1 is 0.960 bits per heavy atom. The van der Waals surface area contributed by atoms with Crippen molar-refractivity contribution in [2.75, 3.05) is 7.11 Å². The Labute approximate surface area is 142 Å². The van der Waals surface area contributed by atoms with E-state index in [4.69, 9.17) is 4.74 Å². The van der Waals surface area contributed by atoms with Gasteiger partial charge in [-0.1, -0.05) is 36.4 Å². The van der Waals surface area contributed by atoms with Crippen molar-refractivity contribution in [2.45, 2.75) is 0 Å². The molecule has 0 saturated carbocycles. The number of carbonyl (C=O) groups excluding carboxylic acids is 1. The summed E-state index contributed by atoms with van der Waals surface area (Å²) in [5.74, 6) is -0.378. The van der Waals surface area contributed by atoms with Gasteiger partial charge in [0.25, 0.3) is 0 Å². The summed E-state index contributed by atoms with van der Waals surface area (Å²) < 4.78 is 6.93. The number of hydrogen-bond donors (Lipinski definition) is 0. The molecule has 0 N–H and O–H groups in total. The Bertz CT molecular complexity index is 1300. The smallest absolute Gasteiger partial charge is 0.340 e. The van der Waals surface area contributed by atoms with Gasteiger partial charge in [-0.15, -0.1) is 0 Å². The molecule has 0 saturated heterocycles. The van der Waals surface area contributed by atoms with Crippen LogP contribution in [0.2, 0.25) is 0 Å². The standard InChI is InChI=1S/C21H13NO3/c1-25-21(24)14-11-16-18(12-5-3-2-4-6-12)19-17(23)10-8-13-7-9-15(14)22(16)20(13)19/h2-11H,1H3. The van der Waals surface area contributed by atoms with Crippen LogP contribution in [0, 0.1) is 0 Å². The van der Waals surface area contributed by atoms with Gasteiger partial charge in [0.15, 0.2) is 5.43 Å². The molecule has 0 aliphatic heterocycles. The highest BCUT2D eigenvalue weighted by atomic mass is 16.5. The first-order valence-corrected chi connectivity index (χ1v) is 8.00. The van der Waals surface area contributed by atoms with Crippen LogP contribution in [0.25, 0.3) is 38.4 Å². The van der Waals surface area contributed by atoms with E-state index in [0.717, 1.165) is 33.1 Å². The number of aromatic nitrogens is 1. The maximum Gasteiger partial charge on any atom is 0.340 e. The van der Waals surface area contributed by atoms with Crippen LogP contribution in [-0.2, 0) is 4.74 Å². The molecule has 0 spiro atoms. The summed E-state index contributed by atoms with van der Waals surface area (Å²) in [4.78, 5) is 24.9. The summed E-state index contributed by atoms with van der Waals surface area (Å²) in [5.41, 5.74) is 4.78. The van der Waals surface area contributed by atoms with Crippen LogP contribution < -0.4 is 5.43 Å². The molecule has 5 rings (SSSR count). The van der Waals surface area contributed by atoms with Crippen LogP contribution in [0.4, 0.5) is 0 Å². The average molecular weight is 327 g/mol. The molecule has 0 fully saturated rings. The lowest BCUT2D eigenvalue weighted by Gasteiger charge is -2.03. The zero-order valence-electron chi connectivity index (χ0n) is 13.4. The second-order valence-corrected chi connectivity index (χ2v) is 6.11. The number of rotatable bonds is 2. The molecule has 120 valence electrons. The minimum atomic E-state index is -0.378. The molecule has 4 heteroatoms. The second-order valence-electron chi connectivity index (χ2n) is 6.11. The highest BCUT2D eigenvalue weighted by Gasteiger charge is 2.24. The fourth-order valence-electron chi connectivity index (χ4n) is 3.79. The number of esters is 1. The third-order valence-corrected chi connectivity index (χ3v) is 4.83. The van der Waals surface area contributed by atoms with Gasteiger partial charge >= 0.3 is 5.97 Å². The SMILES string of the molecule is COC(=O)c1cc2c(-c3ccccc3)c3c(=O)ccc4ccc1n2c43. The van der Waals surface area contributed by atoms with E-state index in [-0.39, 0.29) is 11.4 Å². The molecule has 0 aliphatic rings. The third-order valence-electron chi connectivity index (χ3n) is 4.83. The molecular weight excluding hydrogens is 314 g/mol. The normalized spacial score (nSPS) is 11.7. The number of benzene rings is 2. The molecule has 0 bridgehead atoms. The number of nitrogens with zero attached hydrogens (tertiary/aromatic N) is 1. The Hall–Kier alpha value is -3.40. The number of ether oxygens (including phenoxy) is 1. The molecule has 0 unspecified atom stereocenters. The van der Waals surface area contributed by atoms with Crippen molar-refractivity contribution in [3.8, 4) is 11.1 Å². The molecule has 0 radical (unpaired) electrons. The minimum Gasteiger partial charge on any atom is -0.465 e. The summed E-state index contributed by atoms with van der Waals surface area (Å²) >= 11 is 0. The van der Waals surface area contributed by atoms with Crippen molar-refractivity contribution in [1.29, 1.82) is 0 Å². The van der Waals surface area contributed by atoms with Crippen LogP contribution in [0.5, 0.6) is 0 Å². The van der Waals surface area contributed by atoms with Gasteiger partial charge in [0, 0.05) is 5.56 Å². The summed E-state index contributed by atoms with van der Waals surface area (Å²) in [6.07, 6.45) is 0. The number of hydrogen-bond acceptors (Lipinski definition) is 3. The van der Waals surface area contributed by atoms with Gasteiger partial charge in [0.2, 0.25) is 0 Å². The van der Waals surface area contributed by atoms with E-state index in [9.17, 15) is 9.59 Å². The molecule has 3 aromatic heterocycles. The molecule has 0 aliphatic carbocycles. The zero-order chi connectivity index (χ0) is 17.1. The fourth-order valence-corrected chi connectivity index (χ4v) is 3.79. The second kappa shape index (κ2) is 4.80. The average Bonchev–Trinajstić information content (AvgIpc) is 3.19. The Balaban J connectivity index is 2.07. The molecule has 25 heavy (non-hydrogen) atoms. The predicted octanol–water partition coefficient (Wildman–Crippen LogP) is 3.94. The summed E-state index contributed by atoms with van der Waals surface area (Å²) in [6.45, 7) is 0.